The molecule has 4 aromatic rings. The summed E-state index contributed by atoms with van der Waals surface area (Å²) >= 11 is 0. The molecule has 4 aromatic carbocycles. The summed E-state index contributed by atoms with van der Waals surface area (Å²) in [5.41, 5.74) is 0. The van der Waals surface area contributed by atoms with Crippen molar-refractivity contribution < 1.29 is 38.0 Å². The fraction of sp³-hybridized carbons (Fsp3) is 0.235. The molecule has 0 aliphatic carbocycles. The molecular formula is C34H34O8. The Bertz CT molecular complexity index is 1130. The fourth-order valence-electron chi connectivity index (χ4n) is 3.75. The second kappa shape index (κ2) is 17.0. The molecule has 0 N–H and O–H groups in total. The van der Waals surface area contributed by atoms with Crippen molar-refractivity contribution in [1.29, 1.82) is 0 Å². The molecule has 42 heavy (non-hydrogen) atoms. The molecule has 0 aliphatic heterocycles. The summed E-state index contributed by atoms with van der Waals surface area (Å²) in [7, 11) is 0. The van der Waals surface area contributed by atoms with E-state index in [0.29, 0.717) is 23.0 Å². The van der Waals surface area contributed by atoms with Gasteiger partial charge in [0, 0.05) is 0 Å². The summed E-state index contributed by atoms with van der Waals surface area (Å²) in [5, 5.41) is 0. The maximum absolute atomic E-state index is 12.7. The molecule has 8 heteroatoms. The smallest absolute Gasteiger partial charge is 0.306 e. The highest BCUT2D eigenvalue weighted by molar-refractivity contribution is 5.77. The molecule has 0 aromatic heterocycles. The zero-order chi connectivity index (χ0) is 29.2. The first-order chi connectivity index (χ1) is 20.6. The molecule has 0 spiro atoms. The first-order valence-electron chi connectivity index (χ1n) is 13.7. The molecular weight excluding hydrogens is 536 g/mol. The summed E-state index contributed by atoms with van der Waals surface area (Å²) in [6, 6.07) is 36.8. The standard InChI is InChI=1S/C34H34O8/c35-33(41-31(23-37-27-13-5-1-6-14-27)24-38-28-15-7-2-8-16-28)21-22-34(36)42-32(25-39-29-17-9-3-10-18-29)26-40-30-19-11-4-12-20-30/h1-20,31-32H,21-26H2. The summed E-state index contributed by atoms with van der Waals surface area (Å²) in [6.07, 6.45) is -1.73. The lowest BCUT2D eigenvalue weighted by atomic mass is 10.3. The lowest BCUT2D eigenvalue weighted by molar-refractivity contribution is -0.159. The van der Waals surface area contributed by atoms with Crippen molar-refractivity contribution in [1.82, 2.24) is 0 Å². The molecule has 0 bridgehead atoms. The van der Waals surface area contributed by atoms with Crippen LogP contribution in [0.1, 0.15) is 12.8 Å². The molecule has 4 rings (SSSR count). The van der Waals surface area contributed by atoms with Gasteiger partial charge in [0.1, 0.15) is 49.4 Å². The Hall–Kier alpha value is -4.98. The Kier molecular flexibility index (Phi) is 12.1. The van der Waals surface area contributed by atoms with E-state index in [9.17, 15) is 9.59 Å². The fourth-order valence-corrected chi connectivity index (χ4v) is 3.75. The predicted octanol–water partition coefficient (Wildman–Crippen LogP) is 5.91. The van der Waals surface area contributed by atoms with E-state index in [0.717, 1.165) is 0 Å². The average Bonchev–Trinajstić information content (AvgIpc) is 3.04. The molecule has 0 saturated carbocycles. The number of rotatable bonds is 17. The Morgan fingerprint density at radius 3 is 0.881 bits per heavy atom. The SMILES string of the molecule is O=C(CCC(=O)OC(COc1ccccc1)COc1ccccc1)OC(COc1ccccc1)COc1ccccc1. The second-order valence-electron chi connectivity index (χ2n) is 9.22. The number of hydrogen-bond acceptors (Lipinski definition) is 8. The zero-order valence-electron chi connectivity index (χ0n) is 23.2. The molecule has 218 valence electrons. The minimum Gasteiger partial charge on any atom is -0.490 e. The van der Waals surface area contributed by atoms with Crippen LogP contribution in [0.15, 0.2) is 121 Å². The maximum atomic E-state index is 12.7. The molecule has 0 heterocycles. The Balaban J connectivity index is 1.27. The van der Waals surface area contributed by atoms with E-state index in [1.165, 1.54) is 0 Å². The number of carbonyl (C=O) groups excluding carboxylic acids is 2. The number of esters is 2. The van der Waals surface area contributed by atoms with E-state index in [1.807, 2.05) is 121 Å². The molecule has 0 amide bonds. The van der Waals surface area contributed by atoms with Gasteiger partial charge in [0.05, 0.1) is 12.8 Å². The Labute approximate surface area is 245 Å². The molecule has 0 aliphatic rings. The van der Waals surface area contributed by atoms with Crippen LogP contribution in [0, 0.1) is 0 Å². The zero-order valence-corrected chi connectivity index (χ0v) is 23.2. The number of carbonyl (C=O) groups is 2. The van der Waals surface area contributed by atoms with Gasteiger partial charge in [-0.2, -0.15) is 0 Å². The first kappa shape index (κ1) is 30.0. The van der Waals surface area contributed by atoms with Crippen LogP contribution in [0.5, 0.6) is 23.0 Å². The van der Waals surface area contributed by atoms with Crippen molar-refractivity contribution in [3.63, 3.8) is 0 Å². The minimum absolute atomic E-state index is 0.0861. The highest BCUT2D eigenvalue weighted by Crippen LogP contribution is 2.15. The third kappa shape index (κ3) is 11.3. The van der Waals surface area contributed by atoms with Gasteiger partial charge >= 0.3 is 11.9 Å². The van der Waals surface area contributed by atoms with Gasteiger partial charge in [0.15, 0.2) is 12.2 Å². The average molecular weight is 571 g/mol. The van der Waals surface area contributed by atoms with Gasteiger partial charge in [0.25, 0.3) is 0 Å². The second-order valence-corrected chi connectivity index (χ2v) is 9.22. The number of benzene rings is 4. The molecule has 0 atom stereocenters. The normalized spacial score (nSPS) is 10.6. The van der Waals surface area contributed by atoms with Crippen molar-refractivity contribution in [3.8, 4) is 23.0 Å². The van der Waals surface area contributed by atoms with E-state index in [2.05, 4.69) is 0 Å². The van der Waals surface area contributed by atoms with Crippen LogP contribution in [0.4, 0.5) is 0 Å². The van der Waals surface area contributed by atoms with Gasteiger partial charge < -0.3 is 28.4 Å². The highest BCUT2D eigenvalue weighted by Gasteiger charge is 2.21. The topological polar surface area (TPSA) is 89.5 Å². The van der Waals surface area contributed by atoms with Crippen LogP contribution >= 0.6 is 0 Å². The van der Waals surface area contributed by atoms with Gasteiger partial charge in [-0.15, -0.1) is 0 Å². The van der Waals surface area contributed by atoms with Crippen molar-refractivity contribution in [2.24, 2.45) is 0 Å². The van der Waals surface area contributed by atoms with E-state index in [1.54, 1.807) is 0 Å². The number of hydrogen-bond donors (Lipinski definition) is 0. The monoisotopic (exact) mass is 570 g/mol. The molecule has 0 radical (unpaired) electrons. The molecule has 0 saturated heterocycles. The Morgan fingerprint density at radius 2 is 0.643 bits per heavy atom. The molecule has 0 fully saturated rings. The van der Waals surface area contributed by atoms with E-state index in [4.69, 9.17) is 28.4 Å². The number of para-hydroxylation sites is 4. The lowest BCUT2D eigenvalue weighted by Crippen LogP contribution is -2.32. The van der Waals surface area contributed by atoms with Gasteiger partial charge in [0.2, 0.25) is 0 Å². The van der Waals surface area contributed by atoms with Crippen molar-refractivity contribution in [2.45, 2.75) is 25.0 Å². The first-order valence-corrected chi connectivity index (χ1v) is 13.7. The summed E-state index contributed by atoms with van der Waals surface area (Å²) < 4.78 is 34.4. The van der Waals surface area contributed by atoms with Gasteiger partial charge in [-0.05, 0) is 48.5 Å². The quantitative estimate of drug-likeness (QED) is 0.145. The number of ether oxygens (including phenoxy) is 6. The van der Waals surface area contributed by atoms with Crippen LogP contribution in [-0.2, 0) is 19.1 Å². The lowest BCUT2D eigenvalue weighted by Gasteiger charge is -2.20. The van der Waals surface area contributed by atoms with Crippen LogP contribution in [0.2, 0.25) is 0 Å². The summed E-state index contributed by atoms with van der Waals surface area (Å²) in [4.78, 5) is 25.4. The van der Waals surface area contributed by atoms with E-state index < -0.39 is 24.1 Å². The van der Waals surface area contributed by atoms with E-state index >= 15 is 0 Å². The van der Waals surface area contributed by atoms with Crippen LogP contribution < -0.4 is 18.9 Å². The van der Waals surface area contributed by atoms with Crippen molar-refractivity contribution in [2.75, 3.05) is 26.4 Å². The molecule has 0 unspecified atom stereocenters. The van der Waals surface area contributed by atoms with Crippen LogP contribution in [-0.4, -0.2) is 50.6 Å². The Morgan fingerprint density at radius 1 is 0.405 bits per heavy atom. The highest BCUT2D eigenvalue weighted by atomic mass is 16.6. The van der Waals surface area contributed by atoms with Gasteiger partial charge in [-0.25, -0.2) is 0 Å². The minimum atomic E-state index is -0.694. The van der Waals surface area contributed by atoms with E-state index in [-0.39, 0.29) is 39.3 Å². The van der Waals surface area contributed by atoms with Crippen LogP contribution in [0.25, 0.3) is 0 Å². The van der Waals surface area contributed by atoms with Crippen LogP contribution in [0.3, 0.4) is 0 Å². The summed E-state index contributed by atoms with van der Waals surface area (Å²) in [6.45, 7) is 0.344. The van der Waals surface area contributed by atoms with Crippen molar-refractivity contribution in [3.05, 3.63) is 121 Å². The summed E-state index contributed by atoms with van der Waals surface area (Å²) in [5.74, 6) is 1.43. The molecule has 8 nitrogen and oxygen atoms in total. The van der Waals surface area contributed by atoms with Gasteiger partial charge in [-0.1, -0.05) is 72.8 Å². The third-order valence-corrected chi connectivity index (χ3v) is 5.85. The largest absolute Gasteiger partial charge is 0.490 e. The van der Waals surface area contributed by atoms with Gasteiger partial charge in [-0.3, -0.25) is 9.59 Å². The predicted molar refractivity (Wildman–Crippen MR) is 157 cm³/mol. The third-order valence-electron chi connectivity index (χ3n) is 5.85. The maximum Gasteiger partial charge on any atom is 0.306 e. The van der Waals surface area contributed by atoms with Crippen molar-refractivity contribution >= 4 is 11.9 Å².